The first-order chi connectivity index (χ1) is 15.6. The zero-order valence-electron chi connectivity index (χ0n) is 20.7. The van der Waals surface area contributed by atoms with Crippen molar-refractivity contribution in [2.75, 3.05) is 0 Å². The van der Waals surface area contributed by atoms with Crippen LogP contribution in [-0.4, -0.2) is 9.55 Å². The van der Waals surface area contributed by atoms with E-state index >= 15 is 0 Å². The molecule has 2 nitrogen and oxygen atoms in total. The molecule has 0 aliphatic rings. The number of aromatic nitrogens is 2. The van der Waals surface area contributed by atoms with Crippen molar-refractivity contribution >= 4 is 21.8 Å². The van der Waals surface area contributed by atoms with Crippen LogP contribution in [0.25, 0.3) is 38.8 Å². The van der Waals surface area contributed by atoms with Gasteiger partial charge in [0.2, 0.25) is 0 Å². The minimum atomic E-state index is 0. The number of fused-ring (bicyclic) bond motifs is 3. The van der Waals surface area contributed by atoms with Gasteiger partial charge in [-0.15, -0.1) is 35.9 Å². The molecule has 5 aromatic rings. The van der Waals surface area contributed by atoms with E-state index in [1.54, 1.807) is 0 Å². The van der Waals surface area contributed by atoms with Gasteiger partial charge in [-0.1, -0.05) is 59.7 Å². The van der Waals surface area contributed by atoms with Crippen LogP contribution < -0.4 is 0 Å². The average molecular weight is 624 g/mol. The van der Waals surface area contributed by atoms with Gasteiger partial charge in [-0.2, -0.15) is 0 Å². The third-order valence-electron chi connectivity index (χ3n) is 6.48. The summed E-state index contributed by atoms with van der Waals surface area (Å²) in [4.78, 5) is 4.63. The molecule has 34 heavy (non-hydrogen) atoms. The first kappa shape index (κ1) is 24.4. The molecule has 175 valence electrons. The van der Waals surface area contributed by atoms with Crippen LogP contribution in [-0.2, 0) is 30.9 Å². The summed E-state index contributed by atoms with van der Waals surface area (Å²) in [6.45, 7) is 13.7. The van der Waals surface area contributed by atoms with E-state index in [4.69, 9.17) is 0 Å². The standard InChI is InChI=1S/C31H31N2.Ir/c1-30(2,3)22-12-14-28-25(18-22)26-19-23(31(4,5)6)13-15-29(26)33(28)24-16-17-32-27(20-24)21-10-8-7-9-11-21;/h7-10,12-20H,1-6H3;/q-1;. The summed E-state index contributed by atoms with van der Waals surface area (Å²) < 4.78 is 2.37. The maximum Gasteiger partial charge on any atom is 0.0540 e. The second kappa shape index (κ2) is 8.80. The van der Waals surface area contributed by atoms with E-state index in [1.807, 2.05) is 24.4 Å². The maximum atomic E-state index is 4.63. The number of pyridine rings is 1. The van der Waals surface area contributed by atoms with Gasteiger partial charge in [0.15, 0.2) is 0 Å². The summed E-state index contributed by atoms with van der Waals surface area (Å²) in [5.41, 5.74) is 8.38. The normalized spacial score (nSPS) is 12.2. The molecule has 3 heteroatoms. The third-order valence-corrected chi connectivity index (χ3v) is 6.48. The second-order valence-electron chi connectivity index (χ2n) is 11.0. The van der Waals surface area contributed by atoms with Crippen molar-refractivity contribution in [1.29, 1.82) is 0 Å². The summed E-state index contributed by atoms with van der Waals surface area (Å²) in [7, 11) is 0. The van der Waals surface area contributed by atoms with Crippen molar-refractivity contribution in [2.45, 2.75) is 52.4 Å². The van der Waals surface area contributed by atoms with Crippen LogP contribution in [0.5, 0.6) is 0 Å². The maximum absolute atomic E-state index is 4.63. The van der Waals surface area contributed by atoms with Crippen molar-refractivity contribution in [3.05, 3.63) is 96.2 Å². The molecule has 0 fully saturated rings. The number of rotatable bonds is 2. The average Bonchev–Trinajstić information content (AvgIpc) is 3.12. The van der Waals surface area contributed by atoms with Gasteiger partial charge >= 0.3 is 0 Å². The Morgan fingerprint density at radius 1 is 0.706 bits per heavy atom. The minimum absolute atomic E-state index is 0. The molecule has 0 bridgehead atoms. The molecule has 3 aromatic carbocycles. The van der Waals surface area contributed by atoms with Crippen molar-refractivity contribution in [2.24, 2.45) is 0 Å². The van der Waals surface area contributed by atoms with Crippen LogP contribution in [0.3, 0.4) is 0 Å². The largest absolute Gasteiger partial charge is 0.310 e. The van der Waals surface area contributed by atoms with E-state index in [9.17, 15) is 0 Å². The van der Waals surface area contributed by atoms with E-state index in [2.05, 4.69) is 112 Å². The van der Waals surface area contributed by atoms with Gasteiger partial charge in [0, 0.05) is 42.8 Å². The second-order valence-corrected chi connectivity index (χ2v) is 11.0. The van der Waals surface area contributed by atoms with Crippen molar-refractivity contribution in [3.63, 3.8) is 0 Å². The Morgan fingerprint density at radius 2 is 1.29 bits per heavy atom. The Kier molecular flexibility index (Phi) is 6.31. The van der Waals surface area contributed by atoms with Gasteiger partial charge in [-0.25, -0.2) is 0 Å². The molecule has 1 radical (unpaired) electrons. The first-order valence-corrected chi connectivity index (χ1v) is 11.7. The van der Waals surface area contributed by atoms with Gasteiger partial charge in [-0.05, 0) is 58.0 Å². The molecule has 0 aliphatic heterocycles. The quantitative estimate of drug-likeness (QED) is 0.181. The first-order valence-electron chi connectivity index (χ1n) is 11.7. The molecule has 0 saturated carbocycles. The molecule has 2 heterocycles. The predicted molar refractivity (Wildman–Crippen MR) is 140 cm³/mol. The van der Waals surface area contributed by atoms with E-state index in [-0.39, 0.29) is 30.9 Å². The van der Waals surface area contributed by atoms with E-state index in [1.165, 1.54) is 32.9 Å². The van der Waals surface area contributed by atoms with E-state index in [0.29, 0.717) is 0 Å². The summed E-state index contributed by atoms with van der Waals surface area (Å²) in [5, 5.41) is 2.60. The summed E-state index contributed by atoms with van der Waals surface area (Å²) >= 11 is 0. The summed E-state index contributed by atoms with van der Waals surface area (Å²) in [6, 6.07) is 29.5. The van der Waals surface area contributed by atoms with Crippen LogP contribution in [0.15, 0.2) is 79.0 Å². The molecular formula is C31H31IrN2-. The Labute approximate surface area is 216 Å². The molecule has 0 unspecified atom stereocenters. The molecular weight excluding hydrogens is 593 g/mol. The Bertz CT molecular complexity index is 1390. The van der Waals surface area contributed by atoms with Crippen LogP contribution in [0.1, 0.15) is 52.7 Å². The molecule has 0 spiro atoms. The van der Waals surface area contributed by atoms with Crippen LogP contribution >= 0.6 is 0 Å². The minimum Gasteiger partial charge on any atom is -0.310 e. The van der Waals surface area contributed by atoms with Gasteiger partial charge in [0.05, 0.1) is 11.0 Å². The SMILES string of the molecule is CC(C)(C)c1ccc2c(c1)c1cc(C(C)(C)C)ccc1n2-c1ccnc(-c2[c-]cccc2)c1.[Ir]. The van der Waals surface area contributed by atoms with Crippen LogP contribution in [0, 0.1) is 6.07 Å². The topological polar surface area (TPSA) is 17.8 Å². The third kappa shape index (κ3) is 4.35. The number of benzene rings is 3. The van der Waals surface area contributed by atoms with Gasteiger partial charge in [-0.3, -0.25) is 0 Å². The van der Waals surface area contributed by atoms with Gasteiger partial charge in [0.25, 0.3) is 0 Å². The van der Waals surface area contributed by atoms with Crippen molar-refractivity contribution in [1.82, 2.24) is 9.55 Å². The molecule has 0 saturated heterocycles. The summed E-state index contributed by atoms with van der Waals surface area (Å²) in [5.74, 6) is 0. The van der Waals surface area contributed by atoms with Crippen molar-refractivity contribution in [3.8, 4) is 16.9 Å². The fourth-order valence-corrected chi connectivity index (χ4v) is 4.49. The monoisotopic (exact) mass is 624 g/mol. The Morgan fingerprint density at radius 3 is 1.79 bits per heavy atom. The molecule has 2 aromatic heterocycles. The molecule has 5 rings (SSSR count). The van der Waals surface area contributed by atoms with Gasteiger partial charge in [0.1, 0.15) is 0 Å². The molecule has 0 N–H and O–H groups in total. The molecule has 0 amide bonds. The van der Waals surface area contributed by atoms with Crippen LogP contribution in [0.2, 0.25) is 0 Å². The van der Waals surface area contributed by atoms with E-state index < -0.39 is 0 Å². The zero-order valence-corrected chi connectivity index (χ0v) is 23.1. The zero-order chi connectivity index (χ0) is 23.4. The number of nitrogens with zero attached hydrogens (tertiary/aromatic N) is 2. The fraction of sp³-hybridized carbons (Fsp3) is 0.258. The fourth-order valence-electron chi connectivity index (χ4n) is 4.49. The van der Waals surface area contributed by atoms with E-state index in [0.717, 1.165) is 16.9 Å². The Hall–Kier alpha value is -2.74. The summed E-state index contributed by atoms with van der Waals surface area (Å²) in [6.07, 6.45) is 1.90. The molecule has 0 atom stereocenters. The Balaban J connectivity index is 0.00000274. The molecule has 0 aliphatic carbocycles. The predicted octanol–water partition coefficient (Wildman–Crippen LogP) is 8.24. The number of hydrogen-bond acceptors (Lipinski definition) is 1. The van der Waals surface area contributed by atoms with Crippen molar-refractivity contribution < 1.29 is 20.1 Å². The van der Waals surface area contributed by atoms with Gasteiger partial charge < -0.3 is 9.55 Å². The van der Waals surface area contributed by atoms with Crippen LogP contribution in [0.4, 0.5) is 0 Å². The number of hydrogen-bond donors (Lipinski definition) is 0. The smallest absolute Gasteiger partial charge is 0.0540 e.